The van der Waals surface area contributed by atoms with Crippen LogP contribution in [0.15, 0.2) is 48.5 Å². The zero-order chi connectivity index (χ0) is 12.8. The quantitative estimate of drug-likeness (QED) is 0.655. The van der Waals surface area contributed by atoms with Crippen LogP contribution in [0.3, 0.4) is 0 Å². The number of rotatable bonds is 5. The third-order valence-electron chi connectivity index (χ3n) is 2.44. The molecule has 2 aromatic carbocycles. The van der Waals surface area contributed by atoms with Crippen molar-refractivity contribution in [3.63, 3.8) is 0 Å². The molecular formula is C14H13Cl2NO. The Labute approximate surface area is 116 Å². The zero-order valence-electron chi connectivity index (χ0n) is 9.70. The highest BCUT2D eigenvalue weighted by atomic mass is 35.5. The Kier molecular flexibility index (Phi) is 5.02. The maximum Gasteiger partial charge on any atom is 0.0933 e. The molecule has 4 heteroatoms. The van der Waals surface area contributed by atoms with Crippen LogP contribution in [-0.2, 0) is 18.0 Å². The molecule has 18 heavy (non-hydrogen) atoms. The lowest BCUT2D eigenvalue weighted by atomic mass is 10.2. The lowest BCUT2D eigenvalue weighted by Gasteiger charge is -2.07. The van der Waals surface area contributed by atoms with Crippen LogP contribution < -0.4 is 5.48 Å². The van der Waals surface area contributed by atoms with Crippen LogP contribution in [0, 0.1) is 0 Å². The Bertz CT molecular complexity index is 502. The van der Waals surface area contributed by atoms with Gasteiger partial charge in [-0.15, -0.1) is 0 Å². The molecule has 0 amide bonds. The first-order valence-electron chi connectivity index (χ1n) is 5.58. The molecule has 0 spiro atoms. The van der Waals surface area contributed by atoms with E-state index >= 15 is 0 Å². The van der Waals surface area contributed by atoms with Crippen LogP contribution in [-0.4, -0.2) is 0 Å². The van der Waals surface area contributed by atoms with Gasteiger partial charge in [0.05, 0.1) is 16.7 Å². The van der Waals surface area contributed by atoms with E-state index in [4.69, 9.17) is 28.0 Å². The predicted octanol–water partition coefficient (Wildman–Crippen LogP) is 4.21. The highest BCUT2D eigenvalue weighted by Gasteiger charge is 1.99. The van der Waals surface area contributed by atoms with E-state index in [-0.39, 0.29) is 0 Å². The van der Waals surface area contributed by atoms with Crippen LogP contribution in [0.4, 0.5) is 0 Å². The lowest BCUT2D eigenvalue weighted by molar-refractivity contribution is 0.0235. The van der Waals surface area contributed by atoms with Crippen molar-refractivity contribution < 1.29 is 4.84 Å². The fraction of sp³-hybridized carbons (Fsp3) is 0.143. The molecule has 0 bridgehead atoms. The predicted molar refractivity (Wildman–Crippen MR) is 74.5 cm³/mol. The molecule has 94 valence electrons. The Morgan fingerprint density at radius 3 is 2.39 bits per heavy atom. The van der Waals surface area contributed by atoms with Crippen LogP contribution in [0.1, 0.15) is 11.1 Å². The SMILES string of the molecule is Clc1ccc(CNOCc2ccccc2)cc1Cl. The van der Waals surface area contributed by atoms with Gasteiger partial charge in [0.2, 0.25) is 0 Å². The fourth-order valence-electron chi connectivity index (χ4n) is 1.49. The maximum absolute atomic E-state index is 5.92. The minimum Gasteiger partial charge on any atom is -0.297 e. The maximum atomic E-state index is 5.92. The molecule has 2 rings (SSSR count). The number of nitrogens with one attached hydrogen (secondary N) is 1. The number of hydrogen-bond donors (Lipinski definition) is 1. The minimum atomic E-state index is 0.530. The van der Waals surface area contributed by atoms with Gasteiger partial charge in [-0.1, -0.05) is 59.6 Å². The van der Waals surface area contributed by atoms with Gasteiger partial charge >= 0.3 is 0 Å². The van der Waals surface area contributed by atoms with Gasteiger partial charge in [0, 0.05) is 6.54 Å². The van der Waals surface area contributed by atoms with Crippen LogP contribution in [0.5, 0.6) is 0 Å². The molecule has 0 aliphatic carbocycles. The third-order valence-corrected chi connectivity index (χ3v) is 3.18. The second-order valence-electron chi connectivity index (χ2n) is 3.84. The van der Waals surface area contributed by atoms with E-state index in [1.165, 1.54) is 0 Å². The summed E-state index contributed by atoms with van der Waals surface area (Å²) in [5, 5.41) is 1.12. The van der Waals surface area contributed by atoms with Crippen molar-refractivity contribution in [2.75, 3.05) is 0 Å². The first kappa shape index (κ1) is 13.4. The molecule has 2 aromatic rings. The Balaban J connectivity index is 1.77. The monoisotopic (exact) mass is 281 g/mol. The third kappa shape index (κ3) is 4.00. The smallest absolute Gasteiger partial charge is 0.0933 e. The van der Waals surface area contributed by atoms with E-state index in [2.05, 4.69) is 5.48 Å². The van der Waals surface area contributed by atoms with Gasteiger partial charge in [-0.3, -0.25) is 4.84 Å². The molecule has 0 saturated carbocycles. The summed E-state index contributed by atoms with van der Waals surface area (Å²) in [6.07, 6.45) is 0. The minimum absolute atomic E-state index is 0.530. The number of halogens is 2. The fourth-order valence-corrected chi connectivity index (χ4v) is 1.81. The number of hydrogen-bond acceptors (Lipinski definition) is 2. The van der Waals surface area contributed by atoms with Crippen LogP contribution in [0.2, 0.25) is 10.0 Å². The Morgan fingerprint density at radius 2 is 1.67 bits per heavy atom. The van der Waals surface area contributed by atoms with Gasteiger partial charge in [-0.25, -0.2) is 0 Å². The second-order valence-corrected chi connectivity index (χ2v) is 4.66. The van der Waals surface area contributed by atoms with Gasteiger partial charge < -0.3 is 0 Å². The van der Waals surface area contributed by atoms with E-state index in [9.17, 15) is 0 Å². The second kappa shape index (κ2) is 6.76. The molecule has 0 fully saturated rings. The van der Waals surface area contributed by atoms with E-state index in [1.54, 1.807) is 6.07 Å². The highest BCUT2D eigenvalue weighted by molar-refractivity contribution is 6.42. The average molecular weight is 282 g/mol. The van der Waals surface area contributed by atoms with Gasteiger partial charge in [0.25, 0.3) is 0 Å². The molecule has 0 unspecified atom stereocenters. The van der Waals surface area contributed by atoms with Crippen molar-refractivity contribution in [3.05, 3.63) is 69.7 Å². The number of benzene rings is 2. The van der Waals surface area contributed by atoms with Crippen molar-refractivity contribution in [2.24, 2.45) is 0 Å². The molecule has 0 heterocycles. The van der Waals surface area contributed by atoms with Crippen LogP contribution >= 0.6 is 23.2 Å². The topological polar surface area (TPSA) is 21.3 Å². The highest BCUT2D eigenvalue weighted by Crippen LogP contribution is 2.22. The van der Waals surface area contributed by atoms with E-state index in [0.717, 1.165) is 11.1 Å². The summed E-state index contributed by atoms with van der Waals surface area (Å²) in [6.45, 7) is 1.12. The molecule has 0 saturated heterocycles. The summed E-state index contributed by atoms with van der Waals surface area (Å²) >= 11 is 11.8. The van der Waals surface area contributed by atoms with Crippen molar-refractivity contribution in [1.29, 1.82) is 0 Å². The zero-order valence-corrected chi connectivity index (χ0v) is 11.2. The van der Waals surface area contributed by atoms with Gasteiger partial charge in [0.15, 0.2) is 0 Å². The van der Waals surface area contributed by atoms with Crippen molar-refractivity contribution in [1.82, 2.24) is 5.48 Å². The lowest BCUT2D eigenvalue weighted by Crippen LogP contribution is -2.13. The summed E-state index contributed by atoms with van der Waals surface area (Å²) in [7, 11) is 0. The summed E-state index contributed by atoms with van der Waals surface area (Å²) in [5.74, 6) is 0. The summed E-state index contributed by atoms with van der Waals surface area (Å²) in [5.41, 5.74) is 5.04. The summed E-state index contributed by atoms with van der Waals surface area (Å²) < 4.78 is 0. The largest absolute Gasteiger partial charge is 0.297 e. The first-order chi connectivity index (χ1) is 8.75. The molecule has 0 aromatic heterocycles. The van der Waals surface area contributed by atoms with Crippen molar-refractivity contribution in [2.45, 2.75) is 13.2 Å². The molecule has 0 aliphatic rings. The van der Waals surface area contributed by atoms with E-state index < -0.39 is 0 Å². The van der Waals surface area contributed by atoms with Gasteiger partial charge in [-0.05, 0) is 23.3 Å². The molecule has 0 atom stereocenters. The molecule has 0 radical (unpaired) electrons. The number of hydroxylamine groups is 1. The Morgan fingerprint density at radius 1 is 0.889 bits per heavy atom. The van der Waals surface area contributed by atoms with E-state index in [1.807, 2.05) is 42.5 Å². The van der Waals surface area contributed by atoms with Crippen molar-refractivity contribution >= 4 is 23.2 Å². The standard InChI is InChI=1S/C14H13Cl2NO/c15-13-7-6-12(8-14(13)16)9-17-18-10-11-4-2-1-3-5-11/h1-8,17H,9-10H2. The van der Waals surface area contributed by atoms with E-state index in [0.29, 0.717) is 23.2 Å². The van der Waals surface area contributed by atoms with Crippen molar-refractivity contribution in [3.8, 4) is 0 Å². The Hall–Kier alpha value is -1.06. The first-order valence-corrected chi connectivity index (χ1v) is 6.34. The average Bonchev–Trinajstić information content (AvgIpc) is 2.40. The summed E-state index contributed by atoms with van der Waals surface area (Å²) in [4.78, 5) is 5.37. The van der Waals surface area contributed by atoms with Gasteiger partial charge in [0.1, 0.15) is 0 Å². The molecule has 0 aliphatic heterocycles. The summed E-state index contributed by atoms with van der Waals surface area (Å²) in [6, 6.07) is 15.5. The normalized spacial score (nSPS) is 10.6. The molecular weight excluding hydrogens is 269 g/mol. The molecule has 1 N–H and O–H groups in total. The molecule has 2 nitrogen and oxygen atoms in total. The van der Waals surface area contributed by atoms with Crippen LogP contribution in [0.25, 0.3) is 0 Å². The van der Waals surface area contributed by atoms with Gasteiger partial charge in [-0.2, -0.15) is 5.48 Å².